The number of hydrogen-bond donors (Lipinski definition) is 1. The van der Waals surface area contributed by atoms with Crippen molar-refractivity contribution in [3.8, 4) is 0 Å². The zero-order valence-electron chi connectivity index (χ0n) is 13.5. The highest BCUT2D eigenvalue weighted by Crippen LogP contribution is 2.24. The van der Waals surface area contributed by atoms with Gasteiger partial charge in [0.1, 0.15) is 0 Å². The number of aryl methyl sites for hydroxylation is 1. The van der Waals surface area contributed by atoms with E-state index in [4.69, 9.17) is 4.74 Å². The summed E-state index contributed by atoms with van der Waals surface area (Å²) in [6.45, 7) is 7.87. The van der Waals surface area contributed by atoms with Gasteiger partial charge in [-0.25, -0.2) is 0 Å². The third-order valence-corrected chi connectivity index (χ3v) is 5.00. The van der Waals surface area contributed by atoms with Crippen LogP contribution in [0.4, 0.5) is 0 Å². The van der Waals surface area contributed by atoms with E-state index in [9.17, 15) is 4.79 Å². The monoisotopic (exact) mass is 305 g/mol. The summed E-state index contributed by atoms with van der Waals surface area (Å²) in [6.07, 6.45) is 4.57. The second-order valence-electron chi connectivity index (χ2n) is 6.39. The van der Waals surface area contributed by atoms with E-state index in [0.29, 0.717) is 12.3 Å². The SMILES string of the molecule is CCN1CCOC2CN(C(=O)CCc3ccc[nH]3)CCC2C1. The van der Waals surface area contributed by atoms with Gasteiger partial charge < -0.3 is 19.5 Å². The van der Waals surface area contributed by atoms with Crippen LogP contribution in [0.25, 0.3) is 0 Å². The number of amides is 1. The number of H-pyrrole nitrogens is 1. The summed E-state index contributed by atoms with van der Waals surface area (Å²) in [5, 5.41) is 0. The molecule has 5 heteroatoms. The molecule has 3 heterocycles. The molecule has 0 radical (unpaired) electrons. The first kappa shape index (κ1) is 15.6. The summed E-state index contributed by atoms with van der Waals surface area (Å²) in [7, 11) is 0. The second kappa shape index (κ2) is 7.29. The van der Waals surface area contributed by atoms with Crippen LogP contribution in [0.15, 0.2) is 18.3 Å². The Morgan fingerprint density at radius 1 is 1.41 bits per heavy atom. The molecule has 22 heavy (non-hydrogen) atoms. The fourth-order valence-electron chi connectivity index (χ4n) is 3.56. The number of likely N-dealkylation sites (tertiary alicyclic amines) is 1. The third kappa shape index (κ3) is 3.70. The van der Waals surface area contributed by atoms with Crippen LogP contribution >= 0.6 is 0 Å². The topological polar surface area (TPSA) is 48.6 Å². The minimum Gasteiger partial charge on any atom is -0.375 e. The Labute approximate surface area is 132 Å². The summed E-state index contributed by atoms with van der Waals surface area (Å²) in [6, 6.07) is 4.01. The van der Waals surface area contributed by atoms with E-state index in [1.807, 2.05) is 23.2 Å². The molecule has 2 atom stereocenters. The Hall–Kier alpha value is -1.33. The van der Waals surface area contributed by atoms with Crippen LogP contribution in [0, 0.1) is 5.92 Å². The van der Waals surface area contributed by atoms with Gasteiger partial charge in [0.2, 0.25) is 5.91 Å². The molecular weight excluding hydrogens is 278 g/mol. The quantitative estimate of drug-likeness (QED) is 0.917. The van der Waals surface area contributed by atoms with Crippen molar-refractivity contribution in [1.82, 2.24) is 14.8 Å². The fraction of sp³-hybridized carbons (Fsp3) is 0.706. The van der Waals surface area contributed by atoms with E-state index in [2.05, 4.69) is 16.8 Å². The van der Waals surface area contributed by atoms with Crippen LogP contribution in [0.2, 0.25) is 0 Å². The van der Waals surface area contributed by atoms with Crippen molar-refractivity contribution in [2.45, 2.75) is 32.3 Å². The predicted octanol–water partition coefficient (Wildman–Crippen LogP) is 1.52. The molecule has 1 aromatic heterocycles. The van der Waals surface area contributed by atoms with Gasteiger partial charge >= 0.3 is 0 Å². The minimum atomic E-state index is 0.222. The molecule has 0 spiro atoms. The molecule has 0 saturated carbocycles. The van der Waals surface area contributed by atoms with Crippen molar-refractivity contribution in [1.29, 1.82) is 0 Å². The Balaban J connectivity index is 1.51. The van der Waals surface area contributed by atoms with E-state index in [1.165, 1.54) is 0 Å². The van der Waals surface area contributed by atoms with Gasteiger partial charge in [0, 0.05) is 50.4 Å². The Morgan fingerprint density at radius 3 is 3.09 bits per heavy atom. The van der Waals surface area contributed by atoms with Gasteiger partial charge in [-0.15, -0.1) is 0 Å². The lowest BCUT2D eigenvalue weighted by atomic mass is 9.93. The number of nitrogens with zero attached hydrogens (tertiary/aromatic N) is 2. The summed E-state index contributed by atoms with van der Waals surface area (Å²) in [4.78, 5) is 20.1. The van der Waals surface area contributed by atoms with Crippen molar-refractivity contribution in [3.05, 3.63) is 24.0 Å². The number of nitrogens with one attached hydrogen (secondary N) is 1. The van der Waals surface area contributed by atoms with Crippen molar-refractivity contribution >= 4 is 5.91 Å². The number of rotatable bonds is 4. The molecule has 1 aromatic rings. The number of aromatic nitrogens is 1. The van der Waals surface area contributed by atoms with E-state index >= 15 is 0 Å². The maximum absolute atomic E-state index is 12.4. The number of hydrogen-bond acceptors (Lipinski definition) is 3. The van der Waals surface area contributed by atoms with Crippen LogP contribution in [-0.4, -0.2) is 66.1 Å². The Bertz CT molecular complexity index is 474. The number of carbonyl (C=O) groups excluding carboxylic acids is 1. The first-order chi connectivity index (χ1) is 10.8. The molecule has 0 bridgehead atoms. The molecule has 0 aliphatic carbocycles. The second-order valence-corrected chi connectivity index (χ2v) is 6.39. The number of fused-ring (bicyclic) bond motifs is 1. The highest BCUT2D eigenvalue weighted by molar-refractivity contribution is 5.76. The maximum Gasteiger partial charge on any atom is 0.223 e. The van der Waals surface area contributed by atoms with Gasteiger partial charge in [-0.2, -0.15) is 0 Å². The van der Waals surface area contributed by atoms with E-state index in [1.54, 1.807) is 0 Å². The van der Waals surface area contributed by atoms with Crippen molar-refractivity contribution in [2.24, 2.45) is 5.92 Å². The number of carbonyl (C=O) groups is 1. The van der Waals surface area contributed by atoms with E-state index in [-0.39, 0.29) is 12.0 Å². The fourth-order valence-corrected chi connectivity index (χ4v) is 3.56. The Morgan fingerprint density at radius 2 is 2.32 bits per heavy atom. The molecule has 0 aromatic carbocycles. The molecule has 5 nitrogen and oxygen atoms in total. The van der Waals surface area contributed by atoms with Crippen LogP contribution in [0.3, 0.4) is 0 Å². The smallest absolute Gasteiger partial charge is 0.223 e. The molecule has 122 valence electrons. The van der Waals surface area contributed by atoms with Crippen molar-refractivity contribution < 1.29 is 9.53 Å². The molecule has 2 aliphatic rings. The van der Waals surface area contributed by atoms with Crippen LogP contribution in [-0.2, 0) is 16.0 Å². The Kier molecular flexibility index (Phi) is 5.16. The highest BCUT2D eigenvalue weighted by Gasteiger charge is 2.34. The molecular formula is C17H27N3O2. The molecule has 3 rings (SSSR count). The average Bonchev–Trinajstić information content (AvgIpc) is 2.97. The minimum absolute atomic E-state index is 0.222. The lowest BCUT2D eigenvalue weighted by Gasteiger charge is -2.38. The summed E-state index contributed by atoms with van der Waals surface area (Å²) < 4.78 is 6.03. The van der Waals surface area contributed by atoms with Gasteiger partial charge in [0.15, 0.2) is 0 Å². The molecule has 2 saturated heterocycles. The van der Waals surface area contributed by atoms with Gasteiger partial charge in [-0.05, 0) is 31.5 Å². The largest absolute Gasteiger partial charge is 0.375 e. The summed E-state index contributed by atoms with van der Waals surface area (Å²) in [5.74, 6) is 0.836. The predicted molar refractivity (Wildman–Crippen MR) is 85.7 cm³/mol. The molecule has 1 amide bonds. The summed E-state index contributed by atoms with van der Waals surface area (Å²) in [5.41, 5.74) is 1.13. The lowest BCUT2D eigenvalue weighted by molar-refractivity contribution is -0.136. The zero-order chi connectivity index (χ0) is 15.4. The van der Waals surface area contributed by atoms with Crippen LogP contribution < -0.4 is 0 Å². The van der Waals surface area contributed by atoms with Crippen molar-refractivity contribution in [3.63, 3.8) is 0 Å². The maximum atomic E-state index is 12.4. The lowest BCUT2D eigenvalue weighted by Crippen LogP contribution is -2.49. The zero-order valence-corrected chi connectivity index (χ0v) is 13.5. The number of piperidine rings is 1. The summed E-state index contributed by atoms with van der Waals surface area (Å²) >= 11 is 0. The van der Waals surface area contributed by atoms with Crippen molar-refractivity contribution in [2.75, 3.05) is 39.3 Å². The normalized spacial score (nSPS) is 26.5. The first-order valence-electron chi connectivity index (χ1n) is 8.50. The third-order valence-electron chi connectivity index (χ3n) is 5.00. The molecule has 1 N–H and O–H groups in total. The van der Waals surface area contributed by atoms with Gasteiger partial charge in [0.05, 0.1) is 12.7 Å². The number of ether oxygens (including phenoxy) is 1. The molecule has 2 aliphatic heterocycles. The molecule has 2 unspecified atom stereocenters. The van der Waals surface area contributed by atoms with Gasteiger partial charge in [-0.1, -0.05) is 6.92 Å². The number of aromatic amines is 1. The van der Waals surface area contributed by atoms with Gasteiger partial charge in [0.25, 0.3) is 0 Å². The van der Waals surface area contributed by atoms with E-state index < -0.39 is 0 Å². The highest BCUT2D eigenvalue weighted by atomic mass is 16.5. The average molecular weight is 305 g/mol. The molecule has 2 fully saturated rings. The first-order valence-corrected chi connectivity index (χ1v) is 8.50. The van der Waals surface area contributed by atoms with Crippen LogP contribution in [0.1, 0.15) is 25.5 Å². The van der Waals surface area contributed by atoms with E-state index in [0.717, 1.165) is 57.9 Å². The number of likely N-dealkylation sites (N-methyl/N-ethyl adjacent to an activating group) is 1. The standard InChI is InChI=1S/C17H27N3O2/c1-2-19-10-11-22-16-13-20(9-7-14(16)12-19)17(21)6-5-15-4-3-8-18-15/h3-4,8,14,16,18H,2,5-7,9-13H2,1H3. The van der Waals surface area contributed by atoms with Gasteiger partial charge in [-0.3, -0.25) is 4.79 Å². The van der Waals surface area contributed by atoms with Crippen LogP contribution in [0.5, 0.6) is 0 Å².